The minimum atomic E-state index is 0.108. The van der Waals surface area contributed by atoms with E-state index in [1.54, 1.807) is 7.11 Å². The second kappa shape index (κ2) is 4.61. The van der Waals surface area contributed by atoms with Crippen molar-refractivity contribution in [3.63, 3.8) is 0 Å². The Kier molecular flexibility index (Phi) is 3.34. The second-order valence-corrected chi connectivity index (χ2v) is 5.29. The molecule has 0 heterocycles. The highest BCUT2D eigenvalue weighted by atomic mass is 32.1. The van der Waals surface area contributed by atoms with Crippen LogP contribution >= 0.6 is 12.6 Å². The first-order valence-corrected chi connectivity index (χ1v) is 6.39. The summed E-state index contributed by atoms with van der Waals surface area (Å²) in [5, 5.41) is 2.46. The third-order valence-electron chi connectivity index (χ3n) is 3.22. The molecule has 0 aliphatic carbocycles. The largest absolute Gasteiger partial charge is 0.497 e. The molecule has 0 bridgehead atoms. The van der Waals surface area contributed by atoms with Crippen LogP contribution < -0.4 is 4.74 Å². The number of hydrogen-bond acceptors (Lipinski definition) is 2. The van der Waals surface area contributed by atoms with Gasteiger partial charge in [-0.25, -0.2) is 0 Å². The van der Waals surface area contributed by atoms with Gasteiger partial charge in [0.15, 0.2) is 0 Å². The molecule has 2 aromatic rings. The molecule has 0 aliphatic rings. The summed E-state index contributed by atoms with van der Waals surface area (Å²) in [5.74, 6) is 1.74. The molecule has 0 amide bonds. The first-order valence-electron chi connectivity index (χ1n) is 5.76. The van der Waals surface area contributed by atoms with Crippen LogP contribution in [0.2, 0.25) is 0 Å². The Hall–Kier alpha value is -1.15. The Labute approximate surface area is 108 Å². The summed E-state index contributed by atoms with van der Waals surface area (Å²) < 4.78 is 5.23. The molecular formula is C15H18OS. The van der Waals surface area contributed by atoms with Crippen molar-refractivity contribution < 1.29 is 4.74 Å². The Bertz CT molecular complexity index is 531. The van der Waals surface area contributed by atoms with Crippen molar-refractivity contribution in [3.8, 4) is 5.75 Å². The molecule has 2 aromatic carbocycles. The van der Waals surface area contributed by atoms with Gasteiger partial charge >= 0.3 is 0 Å². The fourth-order valence-corrected chi connectivity index (χ4v) is 2.05. The lowest BCUT2D eigenvalue weighted by molar-refractivity contribution is 0.415. The van der Waals surface area contributed by atoms with Crippen LogP contribution in [0.5, 0.6) is 5.75 Å². The summed E-state index contributed by atoms with van der Waals surface area (Å²) in [7, 11) is 1.69. The summed E-state index contributed by atoms with van der Waals surface area (Å²) in [5.41, 5.74) is 1.43. The third kappa shape index (κ3) is 2.42. The summed E-state index contributed by atoms with van der Waals surface area (Å²) in [4.78, 5) is 0. The fraction of sp³-hybridized carbons (Fsp3) is 0.333. The zero-order valence-corrected chi connectivity index (χ0v) is 11.4. The van der Waals surface area contributed by atoms with Gasteiger partial charge in [0.25, 0.3) is 0 Å². The van der Waals surface area contributed by atoms with Gasteiger partial charge in [0, 0.05) is 0 Å². The summed E-state index contributed by atoms with van der Waals surface area (Å²) in [6.07, 6.45) is 0. The van der Waals surface area contributed by atoms with Gasteiger partial charge in [0.2, 0.25) is 0 Å². The number of thiol groups is 1. The maximum Gasteiger partial charge on any atom is 0.119 e. The quantitative estimate of drug-likeness (QED) is 0.804. The standard InChI is InChI=1S/C15H18OS/c1-15(2,10-17)13-6-4-12-9-14(16-3)7-5-11(12)8-13/h4-9,17H,10H2,1-3H3. The first kappa shape index (κ1) is 12.3. The molecule has 0 unspecified atom stereocenters. The minimum absolute atomic E-state index is 0.108. The lowest BCUT2D eigenvalue weighted by atomic mass is 9.85. The van der Waals surface area contributed by atoms with Crippen LogP contribution in [-0.4, -0.2) is 12.9 Å². The van der Waals surface area contributed by atoms with Crippen LogP contribution in [0.1, 0.15) is 19.4 Å². The van der Waals surface area contributed by atoms with Gasteiger partial charge < -0.3 is 4.74 Å². The maximum atomic E-state index is 5.23. The number of methoxy groups -OCH3 is 1. The normalized spacial score (nSPS) is 11.8. The Balaban J connectivity index is 2.52. The van der Waals surface area contributed by atoms with Crippen LogP contribution in [0.25, 0.3) is 10.8 Å². The first-order chi connectivity index (χ1) is 8.06. The van der Waals surface area contributed by atoms with Crippen molar-refractivity contribution in [2.24, 2.45) is 0 Å². The molecule has 0 aliphatic heterocycles. The van der Waals surface area contributed by atoms with E-state index >= 15 is 0 Å². The monoisotopic (exact) mass is 246 g/mol. The van der Waals surface area contributed by atoms with Gasteiger partial charge in [-0.1, -0.05) is 38.1 Å². The van der Waals surface area contributed by atoms with Crippen LogP contribution in [0.3, 0.4) is 0 Å². The summed E-state index contributed by atoms with van der Waals surface area (Å²) >= 11 is 4.42. The SMILES string of the molecule is COc1ccc2cc(C(C)(C)CS)ccc2c1. The number of benzene rings is 2. The molecule has 0 spiro atoms. The van der Waals surface area contributed by atoms with Gasteiger partial charge in [-0.05, 0) is 39.6 Å². The molecule has 2 heteroatoms. The molecule has 0 aromatic heterocycles. The highest BCUT2D eigenvalue weighted by Gasteiger charge is 2.18. The van der Waals surface area contributed by atoms with Crippen LogP contribution in [0.4, 0.5) is 0 Å². The summed E-state index contributed by atoms with van der Waals surface area (Å²) in [6, 6.07) is 12.7. The molecule has 2 rings (SSSR count). The third-order valence-corrected chi connectivity index (χ3v) is 4.01. The van der Waals surface area contributed by atoms with Gasteiger partial charge in [0.1, 0.15) is 5.75 Å². The number of hydrogen-bond donors (Lipinski definition) is 1. The Morgan fingerprint density at radius 3 is 2.35 bits per heavy atom. The van der Waals surface area contributed by atoms with E-state index in [-0.39, 0.29) is 5.41 Å². The number of rotatable bonds is 3. The Morgan fingerprint density at radius 2 is 1.71 bits per heavy atom. The average Bonchev–Trinajstić information content (AvgIpc) is 2.37. The highest BCUT2D eigenvalue weighted by Crippen LogP contribution is 2.29. The van der Waals surface area contributed by atoms with E-state index in [0.717, 1.165) is 11.5 Å². The van der Waals surface area contributed by atoms with Crippen molar-refractivity contribution in [2.75, 3.05) is 12.9 Å². The van der Waals surface area contributed by atoms with Crippen molar-refractivity contribution in [1.29, 1.82) is 0 Å². The van der Waals surface area contributed by atoms with Gasteiger partial charge in [-0.3, -0.25) is 0 Å². The molecule has 0 atom stereocenters. The van der Waals surface area contributed by atoms with Crippen molar-refractivity contribution >= 4 is 23.4 Å². The van der Waals surface area contributed by atoms with Gasteiger partial charge in [-0.2, -0.15) is 12.6 Å². The van der Waals surface area contributed by atoms with E-state index in [0.29, 0.717) is 0 Å². The van der Waals surface area contributed by atoms with Crippen molar-refractivity contribution in [3.05, 3.63) is 42.0 Å². The van der Waals surface area contributed by atoms with Gasteiger partial charge in [-0.15, -0.1) is 0 Å². The lowest BCUT2D eigenvalue weighted by Gasteiger charge is -2.23. The fourth-order valence-electron chi connectivity index (χ4n) is 1.86. The molecule has 90 valence electrons. The van der Waals surface area contributed by atoms with Crippen LogP contribution in [-0.2, 0) is 5.41 Å². The van der Waals surface area contributed by atoms with E-state index in [4.69, 9.17) is 4.74 Å². The van der Waals surface area contributed by atoms with E-state index in [1.165, 1.54) is 16.3 Å². The topological polar surface area (TPSA) is 9.23 Å². The summed E-state index contributed by atoms with van der Waals surface area (Å²) in [6.45, 7) is 4.43. The van der Waals surface area contributed by atoms with Gasteiger partial charge in [0.05, 0.1) is 7.11 Å². The van der Waals surface area contributed by atoms with E-state index < -0.39 is 0 Å². The molecule has 0 saturated heterocycles. The van der Waals surface area contributed by atoms with E-state index in [9.17, 15) is 0 Å². The average molecular weight is 246 g/mol. The molecule has 0 fully saturated rings. The number of ether oxygens (including phenoxy) is 1. The number of fused-ring (bicyclic) bond motifs is 1. The molecule has 0 saturated carbocycles. The van der Waals surface area contributed by atoms with Crippen molar-refractivity contribution in [2.45, 2.75) is 19.3 Å². The zero-order chi connectivity index (χ0) is 12.5. The van der Waals surface area contributed by atoms with Crippen LogP contribution in [0, 0.1) is 0 Å². The molecule has 1 nitrogen and oxygen atoms in total. The Morgan fingerprint density at radius 1 is 1.06 bits per heavy atom. The lowest BCUT2D eigenvalue weighted by Crippen LogP contribution is -2.18. The highest BCUT2D eigenvalue weighted by molar-refractivity contribution is 7.80. The van der Waals surface area contributed by atoms with E-state index in [2.05, 4.69) is 56.8 Å². The maximum absolute atomic E-state index is 5.23. The molecule has 17 heavy (non-hydrogen) atoms. The smallest absolute Gasteiger partial charge is 0.119 e. The van der Waals surface area contributed by atoms with E-state index in [1.807, 2.05) is 6.07 Å². The molecule has 0 N–H and O–H groups in total. The van der Waals surface area contributed by atoms with Crippen LogP contribution in [0.15, 0.2) is 36.4 Å². The predicted octanol–water partition coefficient (Wildman–Crippen LogP) is 4.06. The minimum Gasteiger partial charge on any atom is -0.497 e. The molecular weight excluding hydrogens is 228 g/mol. The van der Waals surface area contributed by atoms with Crippen molar-refractivity contribution in [1.82, 2.24) is 0 Å². The zero-order valence-electron chi connectivity index (χ0n) is 10.5. The molecule has 0 radical (unpaired) electrons. The second-order valence-electron chi connectivity index (χ2n) is 4.97. The predicted molar refractivity (Wildman–Crippen MR) is 77.4 cm³/mol.